The maximum absolute atomic E-state index is 14.4. The molecule has 0 radical (unpaired) electrons. The molecule has 1 N–H and O–H groups in total. The summed E-state index contributed by atoms with van der Waals surface area (Å²) in [4.78, 5) is 27.7. The summed E-state index contributed by atoms with van der Waals surface area (Å²) < 4.78 is 5.42. The van der Waals surface area contributed by atoms with E-state index in [0.717, 1.165) is 44.9 Å². The summed E-state index contributed by atoms with van der Waals surface area (Å²) in [6, 6.07) is 2.29. The van der Waals surface area contributed by atoms with E-state index in [1.165, 1.54) is 7.11 Å². The second kappa shape index (κ2) is 7.84. The van der Waals surface area contributed by atoms with E-state index in [0.29, 0.717) is 24.2 Å². The SMILES string of the molecule is COC(=O)[C@]12CCC(C)(C)CC1C1C(=O)C[C@@H]3[C@@]4(C)CC(C#N)=C(O)[C@@H](C)[C@@H]4CC[C@@]3(C)[C@]1(C)CC2. The molecule has 0 aromatic rings. The first kappa shape index (κ1) is 25.8. The average Bonchev–Trinajstić information content (AvgIpc) is 2.82. The average molecular weight is 496 g/mol. The van der Waals surface area contributed by atoms with Crippen molar-refractivity contribution in [2.24, 2.45) is 56.7 Å². The number of nitrogens with zero attached hydrogens (tertiary/aromatic N) is 1. The zero-order valence-corrected chi connectivity index (χ0v) is 23.4. The van der Waals surface area contributed by atoms with Gasteiger partial charge in [-0.2, -0.15) is 5.26 Å². The molecule has 5 aliphatic carbocycles. The Labute approximate surface area is 217 Å². The lowest BCUT2D eigenvalue weighted by atomic mass is 9.32. The highest BCUT2D eigenvalue weighted by molar-refractivity contribution is 5.86. The Morgan fingerprint density at radius 2 is 1.69 bits per heavy atom. The van der Waals surface area contributed by atoms with Crippen molar-refractivity contribution >= 4 is 11.8 Å². The number of fused-ring (bicyclic) bond motifs is 7. The van der Waals surface area contributed by atoms with Crippen LogP contribution in [0.2, 0.25) is 0 Å². The monoisotopic (exact) mass is 495 g/mol. The van der Waals surface area contributed by atoms with Crippen LogP contribution in [-0.2, 0) is 14.3 Å². The van der Waals surface area contributed by atoms with Crippen LogP contribution in [-0.4, -0.2) is 24.0 Å². The number of ketones is 1. The van der Waals surface area contributed by atoms with Crippen LogP contribution < -0.4 is 0 Å². The van der Waals surface area contributed by atoms with Crippen LogP contribution in [0.25, 0.3) is 0 Å². The summed E-state index contributed by atoms with van der Waals surface area (Å²) in [5, 5.41) is 20.6. The zero-order chi connectivity index (χ0) is 26.5. The normalized spacial score (nSPS) is 49.6. The number of carbonyl (C=O) groups is 2. The Bertz CT molecular complexity index is 1070. The zero-order valence-electron chi connectivity index (χ0n) is 23.4. The maximum Gasteiger partial charge on any atom is 0.312 e. The molecule has 0 aromatic carbocycles. The fourth-order valence-corrected chi connectivity index (χ4v) is 10.8. The Hall–Kier alpha value is -1.83. The molecule has 4 fully saturated rings. The molecule has 36 heavy (non-hydrogen) atoms. The van der Waals surface area contributed by atoms with Gasteiger partial charge in [-0.3, -0.25) is 9.59 Å². The summed E-state index contributed by atoms with van der Waals surface area (Å²) in [5.74, 6) is 0.744. The van der Waals surface area contributed by atoms with E-state index in [4.69, 9.17) is 4.74 Å². The lowest BCUT2D eigenvalue weighted by Crippen LogP contribution is -2.68. The minimum absolute atomic E-state index is 0.0205. The smallest absolute Gasteiger partial charge is 0.312 e. The molecule has 0 spiro atoms. The van der Waals surface area contributed by atoms with Crippen molar-refractivity contribution < 1.29 is 19.4 Å². The van der Waals surface area contributed by atoms with Crippen molar-refractivity contribution in [1.29, 1.82) is 5.26 Å². The number of esters is 1. The van der Waals surface area contributed by atoms with E-state index in [9.17, 15) is 20.0 Å². The highest BCUT2D eigenvalue weighted by Crippen LogP contribution is 2.75. The topological polar surface area (TPSA) is 87.4 Å². The Morgan fingerprint density at radius 1 is 1.03 bits per heavy atom. The third kappa shape index (κ3) is 3.05. The van der Waals surface area contributed by atoms with Gasteiger partial charge in [0.05, 0.1) is 24.2 Å². The first-order chi connectivity index (χ1) is 16.7. The number of methoxy groups -OCH3 is 1. The van der Waals surface area contributed by atoms with Crippen LogP contribution in [0.4, 0.5) is 0 Å². The lowest BCUT2D eigenvalue weighted by molar-refractivity contribution is -0.229. The van der Waals surface area contributed by atoms with Gasteiger partial charge in [-0.05, 0) is 90.8 Å². The van der Waals surface area contributed by atoms with Crippen molar-refractivity contribution in [1.82, 2.24) is 0 Å². The summed E-state index contributed by atoms with van der Waals surface area (Å²) in [6.07, 6.45) is 7.45. The molecule has 0 bridgehead atoms. The van der Waals surface area contributed by atoms with Crippen molar-refractivity contribution in [3.63, 3.8) is 0 Å². The van der Waals surface area contributed by atoms with Crippen molar-refractivity contribution in [3.05, 3.63) is 11.3 Å². The number of allylic oxidation sites excluding steroid dienone is 2. The minimum atomic E-state index is -0.545. The van der Waals surface area contributed by atoms with E-state index in [1.807, 2.05) is 0 Å². The highest BCUT2D eigenvalue weighted by atomic mass is 16.5. The molecule has 0 saturated heterocycles. The quantitative estimate of drug-likeness (QED) is 0.405. The highest BCUT2D eigenvalue weighted by Gasteiger charge is 2.72. The molecule has 0 amide bonds. The number of rotatable bonds is 1. The fourth-order valence-electron chi connectivity index (χ4n) is 10.8. The predicted molar refractivity (Wildman–Crippen MR) is 138 cm³/mol. The van der Waals surface area contributed by atoms with Gasteiger partial charge >= 0.3 is 5.97 Å². The number of Topliss-reactive ketones (excluding diaryl/α,β-unsaturated/α-hetero) is 1. The lowest BCUT2D eigenvalue weighted by Gasteiger charge is -2.71. The van der Waals surface area contributed by atoms with Crippen LogP contribution in [0.5, 0.6) is 0 Å². The van der Waals surface area contributed by atoms with Crippen LogP contribution >= 0.6 is 0 Å². The van der Waals surface area contributed by atoms with Crippen LogP contribution in [0.1, 0.15) is 99.3 Å². The van der Waals surface area contributed by atoms with Gasteiger partial charge in [0.15, 0.2) is 0 Å². The number of aliphatic hydroxyl groups is 1. The molecule has 0 aliphatic heterocycles. The van der Waals surface area contributed by atoms with Crippen molar-refractivity contribution in [2.45, 2.75) is 99.3 Å². The standard InChI is InChI=1S/C31H45NO4/c1-18-20-8-9-29(5)23(28(20,4)15-19(17-32)25(18)34)14-22(33)24-21-16-27(2,3)10-12-31(21,26(35)36-7)13-11-30(24,29)6/h18,20-21,23-24,34H,8-16H2,1-7H3/t18-,20-,21?,23+,24?,28-,29+,30+,31-/m0/s1. The molecule has 5 nitrogen and oxygen atoms in total. The van der Waals surface area contributed by atoms with Gasteiger partial charge in [0.25, 0.3) is 0 Å². The first-order valence-corrected chi connectivity index (χ1v) is 14.1. The number of nitriles is 1. The van der Waals surface area contributed by atoms with Gasteiger partial charge in [-0.25, -0.2) is 0 Å². The molecule has 5 aliphatic rings. The van der Waals surface area contributed by atoms with Gasteiger partial charge < -0.3 is 9.84 Å². The Kier molecular flexibility index (Phi) is 5.62. The molecule has 4 saturated carbocycles. The van der Waals surface area contributed by atoms with Gasteiger partial charge in [0.1, 0.15) is 11.5 Å². The molecule has 2 unspecified atom stereocenters. The fraction of sp³-hybridized carbons (Fsp3) is 0.839. The molecule has 5 rings (SSSR count). The van der Waals surface area contributed by atoms with Crippen LogP contribution in [0, 0.1) is 68.0 Å². The van der Waals surface area contributed by atoms with Gasteiger partial charge in [0.2, 0.25) is 0 Å². The summed E-state index contributed by atoms with van der Waals surface area (Å²) >= 11 is 0. The Balaban J connectivity index is 1.61. The van der Waals surface area contributed by atoms with Crippen molar-refractivity contribution in [3.8, 4) is 6.07 Å². The molecule has 9 atom stereocenters. The molecule has 0 aromatic heterocycles. The number of hydrogen-bond donors (Lipinski definition) is 1. The first-order valence-electron chi connectivity index (χ1n) is 14.1. The van der Waals surface area contributed by atoms with Gasteiger partial charge in [0, 0.05) is 18.3 Å². The number of hydrogen-bond acceptors (Lipinski definition) is 5. The van der Waals surface area contributed by atoms with E-state index < -0.39 is 5.41 Å². The second-order valence-electron chi connectivity index (χ2n) is 14.8. The maximum atomic E-state index is 14.4. The number of aliphatic hydroxyl groups excluding tert-OH is 1. The van der Waals surface area contributed by atoms with Crippen LogP contribution in [0.15, 0.2) is 11.3 Å². The van der Waals surface area contributed by atoms with Gasteiger partial charge in [-0.15, -0.1) is 0 Å². The minimum Gasteiger partial charge on any atom is -0.511 e. The second-order valence-corrected chi connectivity index (χ2v) is 14.8. The van der Waals surface area contributed by atoms with Crippen LogP contribution in [0.3, 0.4) is 0 Å². The van der Waals surface area contributed by atoms with E-state index in [-0.39, 0.29) is 63.0 Å². The molecular formula is C31H45NO4. The molecule has 5 heteroatoms. The van der Waals surface area contributed by atoms with Crippen molar-refractivity contribution in [2.75, 3.05) is 7.11 Å². The third-order valence-corrected chi connectivity index (χ3v) is 13.0. The molecule has 0 heterocycles. The summed E-state index contributed by atoms with van der Waals surface area (Å²) in [6.45, 7) is 13.7. The predicted octanol–water partition coefficient (Wildman–Crippen LogP) is 6.78. The molecule has 198 valence electrons. The number of carbonyl (C=O) groups excluding carboxylic acids is 2. The number of ether oxygens (including phenoxy) is 1. The van der Waals surface area contributed by atoms with Gasteiger partial charge in [-0.1, -0.05) is 41.5 Å². The van der Waals surface area contributed by atoms with E-state index >= 15 is 0 Å². The summed E-state index contributed by atoms with van der Waals surface area (Å²) in [5.41, 5.74) is -0.395. The molecular weight excluding hydrogens is 450 g/mol. The van der Waals surface area contributed by atoms with E-state index in [2.05, 4.69) is 47.6 Å². The third-order valence-electron chi connectivity index (χ3n) is 13.0. The Morgan fingerprint density at radius 3 is 2.33 bits per heavy atom. The van der Waals surface area contributed by atoms with E-state index in [1.54, 1.807) is 0 Å². The summed E-state index contributed by atoms with van der Waals surface area (Å²) in [7, 11) is 1.50. The largest absolute Gasteiger partial charge is 0.511 e.